The summed E-state index contributed by atoms with van der Waals surface area (Å²) in [6.45, 7) is 0.0297. The molecule has 0 heterocycles. The van der Waals surface area contributed by atoms with E-state index in [0.717, 1.165) is 0 Å². The van der Waals surface area contributed by atoms with Crippen molar-refractivity contribution in [1.29, 1.82) is 0 Å². The number of hydrogen-bond donors (Lipinski definition) is 1. The monoisotopic (exact) mass is 198 g/mol. The fourth-order valence-electron chi connectivity index (χ4n) is 0.794. The molecule has 1 nitrogen and oxygen atoms in total. The first-order chi connectivity index (χ1) is 6.24. The van der Waals surface area contributed by atoms with Crippen LogP contribution in [0.4, 0.5) is 4.39 Å². The smallest absolute Gasteiger partial charge is 0.141 e. The third kappa shape index (κ3) is 3.06. The summed E-state index contributed by atoms with van der Waals surface area (Å²) in [6, 6.07) is 4.28. The van der Waals surface area contributed by atoms with Crippen molar-refractivity contribution in [2.24, 2.45) is 0 Å². The molecule has 3 heteroatoms. The van der Waals surface area contributed by atoms with Crippen LogP contribution in [0, 0.1) is 17.7 Å². The van der Waals surface area contributed by atoms with Crippen molar-refractivity contribution in [2.75, 3.05) is 6.61 Å². The highest BCUT2D eigenvalue weighted by Crippen LogP contribution is 2.15. The first-order valence-electron chi connectivity index (χ1n) is 3.79. The van der Waals surface area contributed by atoms with E-state index in [1.165, 1.54) is 12.1 Å². The van der Waals surface area contributed by atoms with Crippen molar-refractivity contribution in [3.05, 3.63) is 34.6 Å². The highest BCUT2D eigenvalue weighted by atomic mass is 35.5. The van der Waals surface area contributed by atoms with E-state index in [1.807, 2.05) is 0 Å². The van der Waals surface area contributed by atoms with Gasteiger partial charge in [-0.05, 0) is 18.2 Å². The first kappa shape index (κ1) is 10.0. The summed E-state index contributed by atoms with van der Waals surface area (Å²) in [5.74, 6) is 5.02. The molecule has 0 aliphatic carbocycles. The molecule has 0 bridgehead atoms. The Morgan fingerprint density at radius 2 is 2.23 bits per heavy atom. The lowest BCUT2D eigenvalue weighted by Gasteiger charge is -1.93. The van der Waals surface area contributed by atoms with Crippen molar-refractivity contribution in [3.63, 3.8) is 0 Å². The molecule has 0 radical (unpaired) electrons. The molecule has 0 saturated heterocycles. The zero-order valence-corrected chi connectivity index (χ0v) is 7.61. The minimum absolute atomic E-state index is 0.0297. The van der Waals surface area contributed by atoms with Crippen LogP contribution >= 0.6 is 11.6 Å². The van der Waals surface area contributed by atoms with E-state index in [9.17, 15) is 4.39 Å². The largest absolute Gasteiger partial charge is 0.395 e. The highest BCUT2D eigenvalue weighted by molar-refractivity contribution is 6.30. The van der Waals surface area contributed by atoms with Gasteiger partial charge in [0, 0.05) is 12.0 Å². The maximum atomic E-state index is 12.7. The molecule has 0 aliphatic heterocycles. The van der Waals surface area contributed by atoms with E-state index < -0.39 is 5.82 Å². The predicted molar refractivity (Wildman–Crippen MR) is 50.0 cm³/mol. The zero-order chi connectivity index (χ0) is 9.68. The minimum atomic E-state index is -0.450. The van der Waals surface area contributed by atoms with Crippen LogP contribution < -0.4 is 0 Å². The Morgan fingerprint density at radius 3 is 2.85 bits per heavy atom. The number of hydrogen-bond acceptors (Lipinski definition) is 1. The molecule has 0 aliphatic rings. The lowest BCUT2D eigenvalue weighted by molar-refractivity contribution is 0.305. The van der Waals surface area contributed by atoms with Gasteiger partial charge in [-0.3, -0.25) is 0 Å². The number of aliphatic hydroxyl groups excluding tert-OH is 1. The molecular formula is C10H8ClFO. The van der Waals surface area contributed by atoms with Crippen molar-refractivity contribution in [1.82, 2.24) is 0 Å². The van der Waals surface area contributed by atoms with Crippen molar-refractivity contribution in [3.8, 4) is 11.8 Å². The maximum absolute atomic E-state index is 12.7. The lowest BCUT2D eigenvalue weighted by Crippen LogP contribution is -1.80. The second-order valence-corrected chi connectivity index (χ2v) is 2.81. The molecule has 0 atom stereocenters. The summed E-state index contributed by atoms with van der Waals surface area (Å²) < 4.78 is 12.7. The summed E-state index contributed by atoms with van der Waals surface area (Å²) in [7, 11) is 0. The van der Waals surface area contributed by atoms with Gasteiger partial charge in [-0.2, -0.15) is 0 Å². The Hall–Kier alpha value is -1.04. The van der Waals surface area contributed by atoms with Gasteiger partial charge < -0.3 is 5.11 Å². The summed E-state index contributed by atoms with van der Waals surface area (Å²) in [5.41, 5.74) is 0.653. The Bertz CT molecular complexity index is 352. The van der Waals surface area contributed by atoms with Gasteiger partial charge in [0.05, 0.1) is 11.6 Å². The normalized spacial score (nSPS) is 9.15. The third-order valence-corrected chi connectivity index (χ3v) is 1.68. The van der Waals surface area contributed by atoms with Gasteiger partial charge in [0.25, 0.3) is 0 Å². The molecule has 0 aromatic heterocycles. The van der Waals surface area contributed by atoms with E-state index >= 15 is 0 Å². The van der Waals surface area contributed by atoms with Crippen LogP contribution in [0.15, 0.2) is 18.2 Å². The standard InChI is InChI=1S/C10H8ClFO/c11-9-7-8(3-1-2-6-13)4-5-10(9)12/h4-5,7,13H,2,6H2. The maximum Gasteiger partial charge on any atom is 0.141 e. The quantitative estimate of drug-likeness (QED) is 0.686. The Balaban J connectivity index is 2.81. The molecule has 0 fully saturated rings. The van der Waals surface area contributed by atoms with Crippen LogP contribution in [0.2, 0.25) is 5.02 Å². The Labute approximate surface area is 81.2 Å². The second-order valence-electron chi connectivity index (χ2n) is 2.40. The highest BCUT2D eigenvalue weighted by Gasteiger charge is 1.97. The number of aliphatic hydroxyl groups is 1. The van der Waals surface area contributed by atoms with Crippen LogP contribution in [0.1, 0.15) is 12.0 Å². The summed E-state index contributed by atoms with van der Waals surface area (Å²) in [5, 5.41) is 8.52. The second kappa shape index (κ2) is 4.86. The molecule has 0 unspecified atom stereocenters. The molecule has 1 N–H and O–H groups in total. The van der Waals surface area contributed by atoms with E-state index in [2.05, 4.69) is 11.8 Å². The van der Waals surface area contributed by atoms with Gasteiger partial charge >= 0.3 is 0 Å². The molecule has 0 amide bonds. The fraction of sp³-hybridized carbons (Fsp3) is 0.200. The molecule has 68 valence electrons. The molecule has 13 heavy (non-hydrogen) atoms. The van der Waals surface area contributed by atoms with Gasteiger partial charge in [0.2, 0.25) is 0 Å². The minimum Gasteiger partial charge on any atom is -0.395 e. The molecule has 1 rings (SSSR count). The Morgan fingerprint density at radius 1 is 1.46 bits per heavy atom. The lowest BCUT2D eigenvalue weighted by atomic mass is 10.2. The van der Waals surface area contributed by atoms with Crippen molar-refractivity contribution < 1.29 is 9.50 Å². The predicted octanol–water partition coefficient (Wildman–Crippen LogP) is 2.21. The number of benzene rings is 1. The van der Waals surface area contributed by atoms with Gasteiger partial charge in [0.15, 0.2) is 0 Å². The number of rotatable bonds is 1. The van der Waals surface area contributed by atoms with Crippen LogP contribution in [-0.2, 0) is 0 Å². The summed E-state index contributed by atoms with van der Waals surface area (Å²) >= 11 is 5.53. The van der Waals surface area contributed by atoms with Gasteiger partial charge in [-0.1, -0.05) is 23.4 Å². The van der Waals surface area contributed by atoms with Gasteiger partial charge in [-0.15, -0.1) is 0 Å². The Kier molecular flexibility index (Phi) is 3.75. The average Bonchev–Trinajstić information content (AvgIpc) is 2.12. The van der Waals surface area contributed by atoms with Crippen molar-refractivity contribution in [2.45, 2.75) is 6.42 Å². The SMILES string of the molecule is OCCC#Cc1ccc(F)c(Cl)c1. The molecule has 1 aromatic carbocycles. The topological polar surface area (TPSA) is 20.2 Å². The van der Waals surface area contributed by atoms with Crippen molar-refractivity contribution >= 4 is 11.6 Å². The molecule has 0 spiro atoms. The van der Waals surface area contributed by atoms with Crippen LogP contribution in [0.25, 0.3) is 0 Å². The third-order valence-electron chi connectivity index (χ3n) is 1.39. The van der Waals surface area contributed by atoms with Gasteiger partial charge in [0.1, 0.15) is 5.82 Å². The van der Waals surface area contributed by atoms with Crippen LogP contribution in [0.3, 0.4) is 0 Å². The summed E-state index contributed by atoms with van der Waals surface area (Å²) in [4.78, 5) is 0. The zero-order valence-electron chi connectivity index (χ0n) is 6.85. The van der Waals surface area contributed by atoms with Gasteiger partial charge in [-0.25, -0.2) is 4.39 Å². The molecule has 0 saturated carbocycles. The molecule has 1 aromatic rings. The molecular weight excluding hydrogens is 191 g/mol. The summed E-state index contributed by atoms with van der Waals surface area (Å²) in [6.07, 6.45) is 0.412. The van der Waals surface area contributed by atoms with E-state index in [4.69, 9.17) is 16.7 Å². The van der Waals surface area contributed by atoms with E-state index in [0.29, 0.717) is 12.0 Å². The van der Waals surface area contributed by atoms with Crippen LogP contribution in [-0.4, -0.2) is 11.7 Å². The van der Waals surface area contributed by atoms with E-state index in [1.54, 1.807) is 6.07 Å². The number of halogens is 2. The fourth-order valence-corrected chi connectivity index (χ4v) is 0.975. The first-order valence-corrected chi connectivity index (χ1v) is 4.16. The van der Waals surface area contributed by atoms with E-state index in [-0.39, 0.29) is 11.6 Å². The van der Waals surface area contributed by atoms with Crippen LogP contribution in [0.5, 0.6) is 0 Å². The average molecular weight is 199 g/mol.